The van der Waals surface area contributed by atoms with Crippen molar-refractivity contribution in [3.63, 3.8) is 0 Å². The van der Waals surface area contributed by atoms with Gasteiger partial charge in [-0.25, -0.2) is 4.79 Å². The molecule has 0 aliphatic carbocycles. The van der Waals surface area contributed by atoms with E-state index in [0.29, 0.717) is 5.69 Å². The average molecular weight is 319 g/mol. The molecule has 0 saturated carbocycles. The Hall–Kier alpha value is -1.79. The van der Waals surface area contributed by atoms with E-state index in [1.807, 2.05) is 0 Å². The number of hydrogen-bond donors (Lipinski definition) is 2. The lowest BCUT2D eigenvalue weighted by Crippen LogP contribution is -2.18. The highest BCUT2D eigenvalue weighted by Gasteiger charge is 2.13. The van der Waals surface area contributed by atoms with Gasteiger partial charge in [0.05, 0.1) is 24.0 Å². The Morgan fingerprint density at radius 3 is 2.10 bits per heavy atom. The average Bonchev–Trinajstić information content (AvgIpc) is 2.47. The van der Waals surface area contributed by atoms with Crippen molar-refractivity contribution in [2.24, 2.45) is 0 Å². The lowest BCUT2D eigenvalue weighted by Gasteiger charge is -2.12. The number of anilines is 2. The molecule has 1 aromatic rings. The molecule has 2 amide bonds. The topological polar surface area (TPSA) is 84.5 Å². The van der Waals surface area contributed by atoms with Gasteiger partial charge in [-0.3, -0.25) is 9.59 Å². The number of rotatable bonds is 5. The number of amides is 2. The Bertz CT molecular complexity index is 534. The zero-order chi connectivity index (χ0) is 15.1. The van der Waals surface area contributed by atoms with E-state index in [0.717, 1.165) is 0 Å². The maximum Gasteiger partial charge on any atom is 0.337 e. The molecular formula is C12H12Cl2N2O4. The van der Waals surface area contributed by atoms with Crippen LogP contribution in [0.1, 0.15) is 10.4 Å². The molecule has 0 aliphatic heterocycles. The maximum absolute atomic E-state index is 11.4. The van der Waals surface area contributed by atoms with Crippen molar-refractivity contribution < 1.29 is 19.1 Å². The molecule has 0 unspecified atom stereocenters. The molecule has 0 bridgehead atoms. The second kappa shape index (κ2) is 7.72. The zero-order valence-electron chi connectivity index (χ0n) is 10.5. The third-order valence-electron chi connectivity index (χ3n) is 2.23. The van der Waals surface area contributed by atoms with Crippen LogP contribution in [0, 0.1) is 0 Å². The molecule has 0 saturated heterocycles. The summed E-state index contributed by atoms with van der Waals surface area (Å²) in [5.41, 5.74) is 0.764. The van der Waals surface area contributed by atoms with Gasteiger partial charge in [0.25, 0.3) is 0 Å². The van der Waals surface area contributed by atoms with Crippen LogP contribution in [0.4, 0.5) is 11.4 Å². The van der Waals surface area contributed by atoms with Crippen molar-refractivity contribution in [3.05, 3.63) is 23.8 Å². The predicted molar refractivity (Wildman–Crippen MR) is 76.5 cm³/mol. The van der Waals surface area contributed by atoms with Crippen molar-refractivity contribution in [1.29, 1.82) is 0 Å². The molecule has 0 fully saturated rings. The second-order valence-electron chi connectivity index (χ2n) is 3.62. The van der Waals surface area contributed by atoms with Crippen LogP contribution in [0.2, 0.25) is 0 Å². The first-order valence-electron chi connectivity index (χ1n) is 5.45. The van der Waals surface area contributed by atoms with Gasteiger partial charge in [0.15, 0.2) is 0 Å². The summed E-state index contributed by atoms with van der Waals surface area (Å²) in [6.45, 7) is 0. The fourth-order valence-electron chi connectivity index (χ4n) is 1.37. The Morgan fingerprint density at radius 1 is 1.05 bits per heavy atom. The summed E-state index contributed by atoms with van der Waals surface area (Å²) < 4.78 is 4.58. The van der Waals surface area contributed by atoms with E-state index in [1.165, 1.54) is 25.3 Å². The van der Waals surface area contributed by atoms with Gasteiger partial charge in [0.2, 0.25) is 11.8 Å². The van der Waals surface area contributed by atoms with Crippen LogP contribution < -0.4 is 10.6 Å². The van der Waals surface area contributed by atoms with E-state index in [1.54, 1.807) is 0 Å². The van der Waals surface area contributed by atoms with Gasteiger partial charge in [-0.2, -0.15) is 0 Å². The minimum absolute atomic E-state index is 0.223. The van der Waals surface area contributed by atoms with Crippen molar-refractivity contribution in [2.45, 2.75) is 0 Å². The van der Waals surface area contributed by atoms with E-state index in [-0.39, 0.29) is 23.0 Å². The van der Waals surface area contributed by atoms with Gasteiger partial charge in [0.1, 0.15) is 11.8 Å². The van der Waals surface area contributed by atoms with Gasteiger partial charge in [-0.15, -0.1) is 23.2 Å². The molecule has 1 rings (SSSR count). The highest BCUT2D eigenvalue weighted by atomic mass is 35.5. The largest absolute Gasteiger partial charge is 0.465 e. The van der Waals surface area contributed by atoms with Crippen LogP contribution in [-0.4, -0.2) is 36.7 Å². The predicted octanol–water partition coefficient (Wildman–Crippen LogP) is 1.83. The Kier molecular flexibility index (Phi) is 6.27. The molecule has 0 atom stereocenters. The van der Waals surface area contributed by atoms with Crippen LogP contribution in [-0.2, 0) is 14.3 Å². The van der Waals surface area contributed by atoms with Crippen LogP contribution in [0.25, 0.3) is 0 Å². The van der Waals surface area contributed by atoms with Crippen LogP contribution >= 0.6 is 23.2 Å². The molecule has 2 N–H and O–H groups in total. The smallest absolute Gasteiger partial charge is 0.337 e. The number of halogens is 2. The molecule has 20 heavy (non-hydrogen) atoms. The van der Waals surface area contributed by atoms with Crippen LogP contribution in [0.15, 0.2) is 18.2 Å². The number of carbonyl (C=O) groups is 3. The number of hydrogen-bond acceptors (Lipinski definition) is 4. The molecule has 108 valence electrons. The van der Waals surface area contributed by atoms with Gasteiger partial charge >= 0.3 is 5.97 Å². The Morgan fingerprint density at radius 2 is 1.60 bits per heavy atom. The van der Waals surface area contributed by atoms with Crippen molar-refractivity contribution in [3.8, 4) is 0 Å². The fourth-order valence-corrected chi connectivity index (χ4v) is 1.50. The lowest BCUT2D eigenvalue weighted by molar-refractivity contribution is -0.114. The molecule has 0 aromatic heterocycles. The number of benzene rings is 1. The van der Waals surface area contributed by atoms with Crippen LogP contribution in [0.5, 0.6) is 0 Å². The third-order valence-corrected chi connectivity index (χ3v) is 2.72. The summed E-state index contributed by atoms with van der Waals surface area (Å²) in [6, 6.07) is 4.28. The van der Waals surface area contributed by atoms with E-state index >= 15 is 0 Å². The maximum atomic E-state index is 11.4. The highest BCUT2D eigenvalue weighted by Crippen LogP contribution is 2.24. The quantitative estimate of drug-likeness (QED) is 0.640. The highest BCUT2D eigenvalue weighted by molar-refractivity contribution is 6.30. The first-order chi connectivity index (χ1) is 9.51. The summed E-state index contributed by atoms with van der Waals surface area (Å²) in [6.07, 6.45) is 0. The summed E-state index contributed by atoms with van der Waals surface area (Å²) in [5, 5.41) is 4.97. The van der Waals surface area contributed by atoms with Crippen molar-refractivity contribution >= 4 is 52.4 Å². The SMILES string of the molecule is COC(=O)c1ccc(NC(=O)CCl)c(NC(=O)CCl)c1. The Balaban J connectivity index is 3.12. The molecule has 1 aromatic carbocycles. The number of nitrogens with one attached hydrogen (secondary N) is 2. The van der Waals surface area contributed by atoms with Gasteiger partial charge in [-0.1, -0.05) is 0 Å². The first kappa shape index (κ1) is 16.3. The lowest BCUT2D eigenvalue weighted by atomic mass is 10.1. The molecule has 0 aliphatic rings. The van der Waals surface area contributed by atoms with Gasteiger partial charge in [0, 0.05) is 0 Å². The molecule has 0 spiro atoms. The number of esters is 1. The van der Waals surface area contributed by atoms with E-state index < -0.39 is 17.8 Å². The minimum atomic E-state index is -0.568. The first-order valence-corrected chi connectivity index (χ1v) is 6.52. The fraction of sp³-hybridized carbons (Fsp3) is 0.250. The molecule has 6 nitrogen and oxygen atoms in total. The van der Waals surface area contributed by atoms with Crippen molar-refractivity contribution in [2.75, 3.05) is 29.5 Å². The van der Waals surface area contributed by atoms with Gasteiger partial charge < -0.3 is 15.4 Å². The van der Waals surface area contributed by atoms with E-state index in [4.69, 9.17) is 23.2 Å². The Labute approximate surface area is 125 Å². The summed E-state index contributed by atoms with van der Waals surface area (Å²) >= 11 is 10.8. The monoisotopic (exact) mass is 318 g/mol. The summed E-state index contributed by atoms with van der Waals surface area (Å²) in [4.78, 5) is 34.1. The molecule has 0 heterocycles. The number of ether oxygens (including phenoxy) is 1. The molecular weight excluding hydrogens is 307 g/mol. The van der Waals surface area contributed by atoms with E-state index in [2.05, 4.69) is 15.4 Å². The number of methoxy groups -OCH3 is 1. The molecule has 0 radical (unpaired) electrons. The van der Waals surface area contributed by atoms with Gasteiger partial charge in [-0.05, 0) is 18.2 Å². The number of carbonyl (C=O) groups excluding carboxylic acids is 3. The minimum Gasteiger partial charge on any atom is -0.465 e. The summed E-state index contributed by atoms with van der Waals surface area (Å²) in [5.74, 6) is -1.98. The normalized spacial score (nSPS) is 9.75. The second-order valence-corrected chi connectivity index (χ2v) is 4.15. The van der Waals surface area contributed by atoms with Crippen LogP contribution in [0.3, 0.4) is 0 Å². The third kappa shape index (κ3) is 4.40. The number of alkyl halides is 2. The van der Waals surface area contributed by atoms with E-state index in [9.17, 15) is 14.4 Å². The zero-order valence-corrected chi connectivity index (χ0v) is 12.0. The summed E-state index contributed by atoms with van der Waals surface area (Å²) in [7, 11) is 1.24. The molecule has 8 heteroatoms. The standard InChI is InChI=1S/C12H12Cl2N2O4/c1-20-12(19)7-2-3-8(15-10(17)5-13)9(4-7)16-11(18)6-14/h2-4H,5-6H2,1H3,(H,15,17)(H,16,18). The van der Waals surface area contributed by atoms with Crippen molar-refractivity contribution in [1.82, 2.24) is 0 Å².